The molecule has 1 aliphatic heterocycles. The van der Waals surface area contributed by atoms with Crippen molar-refractivity contribution in [3.8, 4) is 11.5 Å². The third-order valence-electron chi connectivity index (χ3n) is 4.36. The molecular weight excluding hydrogens is 372 g/mol. The lowest BCUT2D eigenvalue weighted by molar-refractivity contribution is -0.113. The highest BCUT2D eigenvalue weighted by Gasteiger charge is 2.32. The zero-order valence-corrected chi connectivity index (χ0v) is 16.3. The lowest BCUT2D eigenvalue weighted by Crippen LogP contribution is -2.32. The van der Waals surface area contributed by atoms with Crippen LogP contribution in [0.2, 0.25) is 0 Å². The first-order valence-electron chi connectivity index (χ1n) is 8.66. The molecule has 6 heteroatoms. The summed E-state index contributed by atoms with van der Waals surface area (Å²) >= 11 is 1.57. The van der Waals surface area contributed by atoms with Gasteiger partial charge in [0.1, 0.15) is 23.0 Å². The number of hydrogen-bond acceptors (Lipinski definition) is 5. The number of methoxy groups -OCH3 is 2. The van der Waals surface area contributed by atoms with Gasteiger partial charge >= 0.3 is 0 Å². The third-order valence-corrected chi connectivity index (χ3v) is 5.18. The van der Waals surface area contributed by atoms with Crippen LogP contribution >= 0.6 is 11.3 Å². The maximum atomic E-state index is 13.2. The standard InChI is InChI=1S/C22H18N2O3S/c1-26-17-9-5-15(6-10-17)21-23-20(14-19-4-3-13-28-19)22(25)24(21)16-7-11-18(27-2)12-8-16/h3-14H,1-2H3/b20-14+. The van der Waals surface area contributed by atoms with Crippen molar-refractivity contribution in [3.05, 3.63) is 82.2 Å². The molecule has 0 bridgehead atoms. The molecule has 1 aliphatic rings. The second kappa shape index (κ2) is 7.70. The Labute approximate surface area is 167 Å². The SMILES string of the molecule is COc1ccc(C2=N/C(=C/c3cccs3)C(=O)N2c2ccc(OC)cc2)cc1. The van der Waals surface area contributed by atoms with Crippen molar-refractivity contribution in [2.75, 3.05) is 19.1 Å². The number of ether oxygens (including phenoxy) is 2. The smallest absolute Gasteiger partial charge is 0.282 e. The molecule has 1 aromatic heterocycles. The number of nitrogens with zero attached hydrogens (tertiary/aromatic N) is 2. The van der Waals surface area contributed by atoms with Crippen LogP contribution in [0, 0.1) is 0 Å². The molecule has 5 nitrogen and oxygen atoms in total. The van der Waals surface area contributed by atoms with Gasteiger partial charge < -0.3 is 9.47 Å². The summed E-state index contributed by atoms with van der Waals surface area (Å²) in [4.78, 5) is 20.5. The lowest BCUT2D eigenvalue weighted by Gasteiger charge is -2.19. The zero-order valence-electron chi connectivity index (χ0n) is 15.5. The molecule has 0 spiro atoms. The van der Waals surface area contributed by atoms with Gasteiger partial charge in [0, 0.05) is 10.4 Å². The fourth-order valence-electron chi connectivity index (χ4n) is 2.93. The molecule has 2 heterocycles. The van der Waals surface area contributed by atoms with Crippen LogP contribution in [0.15, 0.2) is 76.7 Å². The number of amidine groups is 1. The Morgan fingerprint density at radius 1 is 0.929 bits per heavy atom. The number of anilines is 1. The summed E-state index contributed by atoms with van der Waals surface area (Å²) in [6, 6.07) is 18.8. The minimum atomic E-state index is -0.163. The summed E-state index contributed by atoms with van der Waals surface area (Å²) < 4.78 is 10.5. The van der Waals surface area contributed by atoms with Gasteiger partial charge in [0.05, 0.1) is 19.9 Å². The molecule has 0 aliphatic carbocycles. The van der Waals surface area contributed by atoms with Crippen molar-refractivity contribution >= 4 is 34.8 Å². The van der Waals surface area contributed by atoms with Gasteiger partial charge in [-0.1, -0.05) is 6.07 Å². The Kier molecular flexibility index (Phi) is 4.95. The Bertz CT molecular complexity index is 1040. The molecule has 140 valence electrons. The van der Waals surface area contributed by atoms with E-state index in [-0.39, 0.29) is 5.91 Å². The van der Waals surface area contributed by atoms with Crippen molar-refractivity contribution in [2.45, 2.75) is 0 Å². The molecule has 0 saturated carbocycles. The summed E-state index contributed by atoms with van der Waals surface area (Å²) in [7, 11) is 3.24. The molecule has 0 fully saturated rings. The topological polar surface area (TPSA) is 51.1 Å². The summed E-state index contributed by atoms with van der Waals surface area (Å²) in [5.41, 5.74) is 1.97. The second-order valence-electron chi connectivity index (χ2n) is 6.05. The molecule has 4 rings (SSSR count). The molecule has 0 unspecified atom stereocenters. The van der Waals surface area contributed by atoms with Gasteiger partial charge in [-0.3, -0.25) is 9.69 Å². The van der Waals surface area contributed by atoms with Gasteiger partial charge in [0.25, 0.3) is 5.91 Å². The third kappa shape index (κ3) is 3.42. The van der Waals surface area contributed by atoms with Crippen LogP contribution in [0.3, 0.4) is 0 Å². The molecule has 0 radical (unpaired) electrons. The van der Waals surface area contributed by atoms with Crippen molar-refractivity contribution in [3.63, 3.8) is 0 Å². The summed E-state index contributed by atoms with van der Waals surface area (Å²) in [6.45, 7) is 0. The van der Waals surface area contributed by atoms with E-state index in [1.165, 1.54) is 0 Å². The van der Waals surface area contributed by atoms with Gasteiger partial charge in [-0.25, -0.2) is 4.99 Å². The summed E-state index contributed by atoms with van der Waals surface area (Å²) in [6.07, 6.45) is 1.82. The fourth-order valence-corrected chi connectivity index (χ4v) is 3.58. The van der Waals surface area contributed by atoms with E-state index in [1.54, 1.807) is 30.5 Å². The number of benzene rings is 2. The van der Waals surface area contributed by atoms with Gasteiger partial charge in [-0.15, -0.1) is 11.3 Å². The summed E-state index contributed by atoms with van der Waals surface area (Å²) in [5, 5.41) is 1.97. The maximum absolute atomic E-state index is 13.2. The predicted molar refractivity (Wildman–Crippen MR) is 112 cm³/mol. The summed E-state index contributed by atoms with van der Waals surface area (Å²) in [5.74, 6) is 1.90. The van der Waals surface area contributed by atoms with E-state index >= 15 is 0 Å². The van der Waals surface area contributed by atoms with Crippen LogP contribution in [-0.2, 0) is 4.79 Å². The van der Waals surface area contributed by atoms with E-state index in [9.17, 15) is 4.79 Å². The molecule has 1 amide bonds. The number of carbonyl (C=O) groups excluding carboxylic acids is 1. The average molecular weight is 390 g/mol. The van der Waals surface area contributed by atoms with Crippen LogP contribution in [0.25, 0.3) is 6.08 Å². The van der Waals surface area contributed by atoms with Crippen molar-refractivity contribution in [2.24, 2.45) is 4.99 Å². The highest BCUT2D eigenvalue weighted by atomic mass is 32.1. The number of amides is 1. The van der Waals surface area contributed by atoms with Crippen LogP contribution in [0.1, 0.15) is 10.4 Å². The molecule has 3 aromatic rings. The number of rotatable bonds is 5. The Morgan fingerprint density at radius 2 is 1.57 bits per heavy atom. The maximum Gasteiger partial charge on any atom is 0.282 e. The van der Waals surface area contributed by atoms with Gasteiger partial charge in [0.15, 0.2) is 0 Å². The van der Waals surface area contributed by atoms with Gasteiger partial charge in [-0.2, -0.15) is 0 Å². The van der Waals surface area contributed by atoms with Crippen molar-refractivity contribution in [1.29, 1.82) is 0 Å². The fraction of sp³-hybridized carbons (Fsp3) is 0.0909. The number of hydrogen-bond donors (Lipinski definition) is 0. The van der Waals surface area contributed by atoms with Crippen molar-refractivity contribution < 1.29 is 14.3 Å². The predicted octanol–water partition coefficient (Wildman–Crippen LogP) is 4.60. The Balaban J connectivity index is 1.79. The molecular formula is C22H18N2O3S. The minimum absolute atomic E-state index is 0.163. The Morgan fingerprint density at radius 3 is 2.14 bits per heavy atom. The largest absolute Gasteiger partial charge is 0.497 e. The molecule has 2 aromatic carbocycles. The van der Waals surface area contributed by atoms with Crippen molar-refractivity contribution in [1.82, 2.24) is 0 Å². The molecule has 0 atom stereocenters. The highest BCUT2D eigenvalue weighted by Crippen LogP contribution is 2.30. The van der Waals surface area contributed by atoms with Crippen LogP contribution in [0.5, 0.6) is 11.5 Å². The molecule has 28 heavy (non-hydrogen) atoms. The molecule has 0 saturated heterocycles. The van der Waals surface area contributed by atoms with Gasteiger partial charge in [0.2, 0.25) is 0 Å². The lowest BCUT2D eigenvalue weighted by atomic mass is 10.1. The quantitative estimate of drug-likeness (QED) is 0.598. The average Bonchev–Trinajstić information content (AvgIpc) is 3.37. The van der Waals surface area contributed by atoms with E-state index in [0.29, 0.717) is 11.5 Å². The second-order valence-corrected chi connectivity index (χ2v) is 7.03. The monoisotopic (exact) mass is 390 g/mol. The first kappa shape index (κ1) is 18.0. The van der Waals surface area contributed by atoms with E-state index in [0.717, 1.165) is 27.6 Å². The zero-order chi connectivity index (χ0) is 19.5. The van der Waals surface area contributed by atoms with E-state index < -0.39 is 0 Å². The minimum Gasteiger partial charge on any atom is -0.497 e. The van der Waals surface area contributed by atoms with E-state index in [4.69, 9.17) is 9.47 Å². The van der Waals surface area contributed by atoms with E-state index in [1.807, 2.05) is 72.1 Å². The Hall–Kier alpha value is -3.38. The number of carbonyl (C=O) groups is 1. The molecule has 0 N–H and O–H groups in total. The van der Waals surface area contributed by atoms with Gasteiger partial charge in [-0.05, 0) is 66.1 Å². The van der Waals surface area contributed by atoms with E-state index in [2.05, 4.69) is 4.99 Å². The first-order valence-corrected chi connectivity index (χ1v) is 9.54. The van der Waals surface area contributed by atoms with Crippen LogP contribution in [-0.4, -0.2) is 26.0 Å². The first-order chi connectivity index (χ1) is 13.7. The van der Waals surface area contributed by atoms with Crippen LogP contribution in [0.4, 0.5) is 5.69 Å². The van der Waals surface area contributed by atoms with Crippen LogP contribution < -0.4 is 14.4 Å². The number of thiophene rings is 1. The normalized spacial score (nSPS) is 15.1. The highest BCUT2D eigenvalue weighted by molar-refractivity contribution is 7.10. The number of aliphatic imine (C=N–C) groups is 1.